The molecule has 0 radical (unpaired) electrons. The van der Waals surface area contributed by atoms with Crippen LogP contribution in [0.2, 0.25) is 0 Å². The van der Waals surface area contributed by atoms with Crippen molar-refractivity contribution < 1.29 is 18.9 Å². The molecule has 0 bridgehead atoms. The number of hydrogen-bond acceptors (Lipinski definition) is 4. The smallest absolute Gasteiger partial charge is 0.155 e. The van der Waals surface area contributed by atoms with E-state index in [1.807, 2.05) is 13.8 Å². The first kappa shape index (κ1) is 16.2. The Hall–Kier alpha value is -0.160. The zero-order valence-corrected chi connectivity index (χ0v) is 13.3. The van der Waals surface area contributed by atoms with Crippen LogP contribution >= 0.6 is 0 Å². The van der Waals surface area contributed by atoms with E-state index in [9.17, 15) is 0 Å². The van der Waals surface area contributed by atoms with Crippen LogP contribution in [0.4, 0.5) is 0 Å². The molecule has 20 heavy (non-hydrogen) atoms. The van der Waals surface area contributed by atoms with E-state index in [2.05, 4.69) is 13.8 Å². The topological polar surface area (TPSA) is 36.9 Å². The highest BCUT2D eigenvalue weighted by atomic mass is 16.7. The molecule has 0 amide bonds. The monoisotopic (exact) mass is 286 g/mol. The molecule has 0 aromatic rings. The molecule has 4 heteroatoms. The third kappa shape index (κ3) is 4.69. The maximum Gasteiger partial charge on any atom is 0.155 e. The summed E-state index contributed by atoms with van der Waals surface area (Å²) < 4.78 is 23.2. The van der Waals surface area contributed by atoms with E-state index in [-0.39, 0.29) is 12.6 Å². The summed E-state index contributed by atoms with van der Waals surface area (Å²) in [5, 5.41) is 0. The molecule has 2 rings (SSSR count). The first-order valence-electron chi connectivity index (χ1n) is 8.22. The lowest BCUT2D eigenvalue weighted by molar-refractivity contribution is -0.248. The molecule has 0 N–H and O–H groups in total. The van der Waals surface area contributed by atoms with Gasteiger partial charge in [0.25, 0.3) is 0 Å². The van der Waals surface area contributed by atoms with Crippen molar-refractivity contribution >= 4 is 0 Å². The molecule has 2 aliphatic heterocycles. The Kier molecular flexibility index (Phi) is 6.27. The van der Waals surface area contributed by atoms with Gasteiger partial charge in [-0.05, 0) is 52.4 Å². The van der Waals surface area contributed by atoms with E-state index >= 15 is 0 Å². The highest BCUT2D eigenvalue weighted by molar-refractivity contribution is 4.75. The second-order valence-corrected chi connectivity index (χ2v) is 6.03. The molecule has 118 valence electrons. The predicted molar refractivity (Wildman–Crippen MR) is 77.5 cm³/mol. The molecule has 4 nitrogen and oxygen atoms in total. The molecule has 6 unspecified atom stereocenters. The van der Waals surface area contributed by atoms with Crippen LogP contribution in [0.3, 0.4) is 0 Å². The third-order valence-electron chi connectivity index (χ3n) is 4.31. The molecular formula is C16H30O4. The maximum absolute atomic E-state index is 5.88. The predicted octanol–water partition coefficient (Wildman–Crippen LogP) is 3.63. The maximum atomic E-state index is 5.88. The summed E-state index contributed by atoms with van der Waals surface area (Å²) in [7, 11) is 0. The largest absolute Gasteiger partial charge is 0.350 e. The normalized spacial score (nSPS) is 42.6. The zero-order valence-electron chi connectivity index (χ0n) is 13.3. The second kappa shape index (κ2) is 7.74. The van der Waals surface area contributed by atoms with Gasteiger partial charge in [0.15, 0.2) is 12.6 Å². The van der Waals surface area contributed by atoms with E-state index in [4.69, 9.17) is 18.9 Å². The van der Waals surface area contributed by atoms with Crippen LogP contribution in [-0.2, 0) is 18.9 Å². The lowest BCUT2D eigenvalue weighted by atomic mass is 9.98. The van der Waals surface area contributed by atoms with Gasteiger partial charge in [-0.25, -0.2) is 0 Å². The minimum absolute atomic E-state index is 0.0726. The Labute approximate surface area is 123 Å². The van der Waals surface area contributed by atoms with Crippen LogP contribution in [0.1, 0.15) is 66.2 Å². The summed E-state index contributed by atoms with van der Waals surface area (Å²) >= 11 is 0. The molecule has 0 spiro atoms. The van der Waals surface area contributed by atoms with E-state index in [1.54, 1.807) is 0 Å². The van der Waals surface area contributed by atoms with Crippen molar-refractivity contribution in [1.29, 1.82) is 0 Å². The first-order valence-corrected chi connectivity index (χ1v) is 8.22. The highest BCUT2D eigenvalue weighted by Gasteiger charge is 2.30. The van der Waals surface area contributed by atoms with Gasteiger partial charge in [0.1, 0.15) is 0 Å². The summed E-state index contributed by atoms with van der Waals surface area (Å²) in [6.07, 6.45) is 7.43. The number of ether oxygens (including phenoxy) is 4. The summed E-state index contributed by atoms with van der Waals surface area (Å²) in [6.45, 7) is 8.34. The Morgan fingerprint density at radius 2 is 1.00 bits per heavy atom. The Morgan fingerprint density at radius 3 is 1.35 bits per heavy atom. The summed E-state index contributed by atoms with van der Waals surface area (Å²) in [5.74, 6) is 0. The summed E-state index contributed by atoms with van der Waals surface area (Å²) in [5.41, 5.74) is 0. The zero-order chi connectivity index (χ0) is 14.5. The van der Waals surface area contributed by atoms with Crippen LogP contribution in [0.15, 0.2) is 0 Å². The molecule has 6 atom stereocenters. The molecule has 0 aliphatic carbocycles. The summed E-state index contributed by atoms with van der Waals surface area (Å²) in [4.78, 5) is 0. The average molecular weight is 286 g/mol. The van der Waals surface area contributed by atoms with Gasteiger partial charge in [0.05, 0.1) is 24.4 Å². The Balaban J connectivity index is 1.76. The lowest BCUT2D eigenvalue weighted by Crippen LogP contribution is -2.39. The van der Waals surface area contributed by atoms with Gasteiger partial charge in [0, 0.05) is 0 Å². The van der Waals surface area contributed by atoms with Crippen LogP contribution in [0, 0.1) is 0 Å². The quantitative estimate of drug-likeness (QED) is 0.773. The fourth-order valence-electron chi connectivity index (χ4n) is 3.23. The van der Waals surface area contributed by atoms with Gasteiger partial charge in [-0.2, -0.15) is 0 Å². The van der Waals surface area contributed by atoms with E-state index in [0.717, 1.165) is 38.5 Å². The minimum Gasteiger partial charge on any atom is -0.350 e. The van der Waals surface area contributed by atoms with Crippen molar-refractivity contribution in [3.8, 4) is 0 Å². The van der Waals surface area contributed by atoms with Crippen LogP contribution in [0.5, 0.6) is 0 Å². The summed E-state index contributed by atoms with van der Waals surface area (Å²) in [6, 6.07) is 0. The highest BCUT2D eigenvalue weighted by Crippen LogP contribution is 2.28. The molecule has 2 fully saturated rings. The fourth-order valence-corrected chi connectivity index (χ4v) is 3.23. The fraction of sp³-hybridized carbons (Fsp3) is 1.00. The third-order valence-corrected chi connectivity index (χ3v) is 4.31. The molecule has 0 saturated carbocycles. The van der Waals surface area contributed by atoms with Crippen molar-refractivity contribution in [3.05, 3.63) is 0 Å². The van der Waals surface area contributed by atoms with Gasteiger partial charge in [-0.1, -0.05) is 13.8 Å². The van der Waals surface area contributed by atoms with Gasteiger partial charge in [0.2, 0.25) is 0 Å². The van der Waals surface area contributed by atoms with E-state index in [1.165, 1.54) is 0 Å². The standard InChI is InChI=1S/C16H30O4/c1-5-13-9-15(19-11(3)17-13)7-8-16-10-14(6-2)18-12(4)20-16/h11-16H,5-10H2,1-4H3. The van der Waals surface area contributed by atoms with E-state index in [0.29, 0.717) is 24.4 Å². The first-order chi connectivity index (χ1) is 9.60. The van der Waals surface area contributed by atoms with Gasteiger partial charge < -0.3 is 18.9 Å². The molecule has 2 saturated heterocycles. The Bertz CT molecular complexity index is 256. The van der Waals surface area contributed by atoms with Crippen molar-refractivity contribution in [2.75, 3.05) is 0 Å². The van der Waals surface area contributed by atoms with Crippen molar-refractivity contribution in [2.24, 2.45) is 0 Å². The Morgan fingerprint density at radius 1 is 0.650 bits per heavy atom. The molecular weight excluding hydrogens is 256 g/mol. The van der Waals surface area contributed by atoms with Crippen molar-refractivity contribution in [1.82, 2.24) is 0 Å². The molecule has 0 aromatic carbocycles. The van der Waals surface area contributed by atoms with Crippen molar-refractivity contribution in [2.45, 2.75) is 103 Å². The lowest BCUT2D eigenvalue weighted by Gasteiger charge is -2.37. The average Bonchev–Trinajstić information content (AvgIpc) is 2.44. The molecule has 0 aromatic heterocycles. The molecule has 2 heterocycles. The minimum atomic E-state index is -0.0726. The van der Waals surface area contributed by atoms with Crippen molar-refractivity contribution in [3.63, 3.8) is 0 Å². The van der Waals surface area contributed by atoms with Crippen LogP contribution in [-0.4, -0.2) is 37.0 Å². The van der Waals surface area contributed by atoms with E-state index < -0.39 is 0 Å². The SMILES string of the molecule is CCC1CC(CCC2CC(CC)OC(C)O2)OC(C)O1. The van der Waals surface area contributed by atoms with Crippen LogP contribution < -0.4 is 0 Å². The second-order valence-electron chi connectivity index (χ2n) is 6.03. The number of rotatable bonds is 5. The number of hydrogen-bond donors (Lipinski definition) is 0. The van der Waals surface area contributed by atoms with Gasteiger partial charge in [-0.3, -0.25) is 0 Å². The van der Waals surface area contributed by atoms with Gasteiger partial charge in [-0.15, -0.1) is 0 Å². The van der Waals surface area contributed by atoms with Gasteiger partial charge >= 0.3 is 0 Å². The molecule has 2 aliphatic rings. The van der Waals surface area contributed by atoms with Crippen LogP contribution in [0.25, 0.3) is 0 Å².